The largest absolute Gasteiger partial charge is 0.493 e. The predicted molar refractivity (Wildman–Crippen MR) is 87.8 cm³/mol. The van der Waals surface area contributed by atoms with Crippen LogP contribution in [0.5, 0.6) is 11.5 Å². The molecule has 1 saturated carbocycles. The Labute approximate surface area is 137 Å². The molecule has 1 aromatic carbocycles. The summed E-state index contributed by atoms with van der Waals surface area (Å²) in [6, 6.07) is 5.91. The summed E-state index contributed by atoms with van der Waals surface area (Å²) < 4.78 is 11.7. The number of nitrogens with zero attached hydrogens (tertiary/aromatic N) is 2. The number of hydrogen-bond donors (Lipinski definition) is 0. The number of isocyanates is 1. The molecule has 5 heteroatoms. The second kappa shape index (κ2) is 6.73. The highest BCUT2D eigenvalue weighted by Gasteiger charge is 2.39. The van der Waals surface area contributed by atoms with Crippen molar-refractivity contribution in [2.24, 2.45) is 4.99 Å². The summed E-state index contributed by atoms with van der Waals surface area (Å²) in [5.74, 6) is 1.48. The molecular formula is C18H24N2O3. The number of hydrogen-bond acceptors (Lipinski definition) is 5. The molecule has 1 aliphatic heterocycles. The molecule has 1 aliphatic carbocycles. The summed E-state index contributed by atoms with van der Waals surface area (Å²) in [5, 5.41) is 0. The molecule has 23 heavy (non-hydrogen) atoms. The van der Waals surface area contributed by atoms with E-state index in [2.05, 4.69) is 16.9 Å². The van der Waals surface area contributed by atoms with Gasteiger partial charge in [-0.15, -0.1) is 0 Å². The Morgan fingerprint density at radius 1 is 1.30 bits per heavy atom. The fourth-order valence-electron chi connectivity index (χ4n) is 3.51. The molecule has 2 fully saturated rings. The standard InChI is InChI=1S/C18H24N2O3/c1-20-10-3-5-15(12-20)23-16-7-6-14(11-17(16)22-2)18(19-13-21)8-4-9-18/h6-7,11,15H,3-5,8-10,12H2,1-2H3. The van der Waals surface area contributed by atoms with E-state index in [1.807, 2.05) is 18.2 Å². The van der Waals surface area contributed by atoms with Gasteiger partial charge in [0.1, 0.15) is 6.10 Å². The minimum absolute atomic E-state index is 0.194. The summed E-state index contributed by atoms with van der Waals surface area (Å²) >= 11 is 0. The summed E-state index contributed by atoms with van der Waals surface area (Å²) in [6.07, 6.45) is 7.00. The quantitative estimate of drug-likeness (QED) is 0.619. The summed E-state index contributed by atoms with van der Waals surface area (Å²) in [4.78, 5) is 17.1. The number of methoxy groups -OCH3 is 1. The number of benzene rings is 1. The average molecular weight is 316 g/mol. The van der Waals surface area contributed by atoms with Crippen LogP contribution < -0.4 is 9.47 Å². The number of rotatable bonds is 5. The van der Waals surface area contributed by atoms with Crippen LogP contribution in [0.1, 0.15) is 37.7 Å². The van der Waals surface area contributed by atoms with Gasteiger partial charge in [-0.2, -0.15) is 4.99 Å². The van der Waals surface area contributed by atoms with Crippen molar-refractivity contribution in [3.05, 3.63) is 23.8 Å². The van der Waals surface area contributed by atoms with Gasteiger partial charge in [0.15, 0.2) is 11.5 Å². The van der Waals surface area contributed by atoms with Crippen LogP contribution in [0.25, 0.3) is 0 Å². The Morgan fingerprint density at radius 2 is 2.13 bits per heavy atom. The summed E-state index contributed by atoms with van der Waals surface area (Å²) in [6.45, 7) is 2.06. The van der Waals surface area contributed by atoms with Gasteiger partial charge in [-0.3, -0.25) is 0 Å². The molecule has 1 aromatic rings. The van der Waals surface area contributed by atoms with Crippen LogP contribution in [-0.2, 0) is 10.3 Å². The number of likely N-dealkylation sites (tertiary alicyclic amines) is 1. The lowest BCUT2D eigenvalue weighted by atomic mass is 9.72. The zero-order valence-electron chi connectivity index (χ0n) is 13.9. The van der Waals surface area contributed by atoms with Crippen molar-refractivity contribution in [3.8, 4) is 11.5 Å². The van der Waals surface area contributed by atoms with Crippen LogP contribution in [-0.4, -0.2) is 44.3 Å². The Hall–Kier alpha value is -1.84. The highest BCUT2D eigenvalue weighted by Crippen LogP contribution is 2.46. The Bertz CT molecular complexity index is 606. The molecule has 1 heterocycles. The molecule has 2 aliphatic rings. The first-order valence-electron chi connectivity index (χ1n) is 8.29. The predicted octanol–water partition coefficient (Wildman–Crippen LogP) is 2.88. The molecule has 0 N–H and O–H groups in total. The molecule has 0 aromatic heterocycles. The fourth-order valence-corrected chi connectivity index (χ4v) is 3.51. The maximum absolute atomic E-state index is 10.7. The van der Waals surface area contributed by atoms with E-state index < -0.39 is 5.54 Å². The van der Waals surface area contributed by atoms with Crippen molar-refractivity contribution in [2.45, 2.75) is 43.7 Å². The van der Waals surface area contributed by atoms with Crippen molar-refractivity contribution in [2.75, 3.05) is 27.2 Å². The number of ether oxygens (including phenoxy) is 2. The topological polar surface area (TPSA) is 51.1 Å². The van der Waals surface area contributed by atoms with Crippen LogP contribution in [0.4, 0.5) is 0 Å². The third-order valence-electron chi connectivity index (χ3n) is 5.02. The number of piperidine rings is 1. The first-order valence-corrected chi connectivity index (χ1v) is 8.29. The molecule has 5 nitrogen and oxygen atoms in total. The minimum Gasteiger partial charge on any atom is -0.493 e. The van der Waals surface area contributed by atoms with Crippen LogP contribution in [0.2, 0.25) is 0 Å². The second-order valence-corrected chi connectivity index (χ2v) is 6.60. The van der Waals surface area contributed by atoms with Crippen molar-refractivity contribution >= 4 is 6.08 Å². The molecule has 0 spiro atoms. The van der Waals surface area contributed by atoms with Crippen molar-refractivity contribution in [1.29, 1.82) is 0 Å². The molecular weight excluding hydrogens is 292 g/mol. The van der Waals surface area contributed by atoms with E-state index in [1.54, 1.807) is 13.2 Å². The van der Waals surface area contributed by atoms with Crippen LogP contribution >= 0.6 is 0 Å². The second-order valence-electron chi connectivity index (χ2n) is 6.60. The van der Waals surface area contributed by atoms with E-state index in [1.165, 1.54) is 0 Å². The summed E-state index contributed by atoms with van der Waals surface area (Å²) in [7, 11) is 3.77. The van der Waals surface area contributed by atoms with Crippen molar-refractivity contribution in [3.63, 3.8) is 0 Å². The van der Waals surface area contributed by atoms with Gasteiger partial charge in [0.25, 0.3) is 0 Å². The maximum Gasteiger partial charge on any atom is 0.235 e. The Morgan fingerprint density at radius 3 is 2.74 bits per heavy atom. The van der Waals surface area contributed by atoms with Crippen LogP contribution in [0.15, 0.2) is 23.2 Å². The monoisotopic (exact) mass is 316 g/mol. The molecule has 1 saturated heterocycles. The fraction of sp³-hybridized carbons (Fsp3) is 0.611. The van der Waals surface area contributed by atoms with Gasteiger partial charge in [-0.05, 0) is 63.4 Å². The minimum atomic E-state index is -0.404. The molecule has 0 amide bonds. The van der Waals surface area contributed by atoms with Gasteiger partial charge >= 0.3 is 0 Å². The molecule has 0 bridgehead atoms. The molecule has 3 rings (SSSR count). The molecule has 0 radical (unpaired) electrons. The van der Waals surface area contributed by atoms with Crippen molar-refractivity contribution < 1.29 is 14.3 Å². The van der Waals surface area contributed by atoms with Gasteiger partial charge in [0, 0.05) is 6.54 Å². The third-order valence-corrected chi connectivity index (χ3v) is 5.02. The molecule has 1 atom stereocenters. The SMILES string of the molecule is COc1cc(C2(N=C=O)CCC2)ccc1OC1CCCN(C)C1. The van der Waals surface area contributed by atoms with Gasteiger partial charge < -0.3 is 14.4 Å². The highest BCUT2D eigenvalue weighted by molar-refractivity contribution is 5.47. The van der Waals surface area contributed by atoms with Gasteiger partial charge in [0.2, 0.25) is 6.08 Å². The van der Waals surface area contributed by atoms with E-state index in [-0.39, 0.29) is 6.10 Å². The van der Waals surface area contributed by atoms with Crippen molar-refractivity contribution in [1.82, 2.24) is 4.90 Å². The Balaban J connectivity index is 1.81. The smallest absolute Gasteiger partial charge is 0.235 e. The number of aliphatic imine (C=N–C) groups is 1. The first kappa shape index (κ1) is 16.0. The third kappa shape index (κ3) is 3.26. The van der Waals surface area contributed by atoms with Crippen LogP contribution in [0, 0.1) is 0 Å². The summed E-state index contributed by atoms with van der Waals surface area (Å²) in [5.41, 5.74) is 0.607. The highest BCUT2D eigenvalue weighted by atomic mass is 16.5. The van der Waals surface area contributed by atoms with E-state index >= 15 is 0 Å². The van der Waals surface area contributed by atoms with E-state index in [9.17, 15) is 4.79 Å². The lowest BCUT2D eigenvalue weighted by Crippen LogP contribution is -2.38. The van der Waals surface area contributed by atoms with Crippen LogP contribution in [0.3, 0.4) is 0 Å². The Kier molecular flexibility index (Phi) is 4.69. The van der Waals surface area contributed by atoms with Gasteiger partial charge in [-0.1, -0.05) is 6.07 Å². The van der Waals surface area contributed by atoms with E-state index in [0.29, 0.717) is 5.75 Å². The average Bonchev–Trinajstić information content (AvgIpc) is 2.51. The zero-order valence-corrected chi connectivity index (χ0v) is 13.9. The number of carbonyl (C=O) groups excluding carboxylic acids is 1. The van der Waals surface area contributed by atoms with Gasteiger partial charge in [-0.25, -0.2) is 4.79 Å². The lowest BCUT2D eigenvalue weighted by Gasteiger charge is -2.37. The first-order chi connectivity index (χ1) is 11.2. The number of likely N-dealkylation sites (N-methyl/N-ethyl adjacent to an activating group) is 1. The molecule has 124 valence electrons. The normalized spacial score (nSPS) is 23.5. The van der Waals surface area contributed by atoms with E-state index in [4.69, 9.17) is 9.47 Å². The van der Waals surface area contributed by atoms with Gasteiger partial charge in [0.05, 0.1) is 12.6 Å². The maximum atomic E-state index is 10.7. The van der Waals surface area contributed by atoms with E-state index in [0.717, 1.165) is 56.5 Å². The zero-order chi connectivity index (χ0) is 16.3. The lowest BCUT2D eigenvalue weighted by molar-refractivity contribution is 0.101. The molecule has 1 unspecified atom stereocenters.